The minimum atomic E-state index is 0.650. The molecule has 5 nitrogen and oxygen atoms in total. The summed E-state index contributed by atoms with van der Waals surface area (Å²) in [5, 5.41) is 9.65. The second kappa shape index (κ2) is 13.3. The van der Waals surface area contributed by atoms with Crippen molar-refractivity contribution in [2.75, 3.05) is 0 Å². The summed E-state index contributed by atoms with van der Waals surface area (Å²) in [6.07, 6.45) is 3.69. The van der Waals surface area contributed by atoms with Gasteiger partial charge in [0.2, 0.25) is 5.95 Å². The van der Waals surface area contributed by atoms with E-state index in [-0.39, 0.29) is 0 Å². The van der Waals surface area contributed by atoms with E-state index in [1.807, 2.05) is 12.4 Å². The summed E-state index contributed by atoms with van der Waals surface area (Å²) < 4.78 is 5.75. The second-order valence-electron chi connectivity index (χ2n) is 15.6. The van der Waals surface area contributed by atoms with Crippen molar-refractivity contribution in [3.63, 3.8) is 0 Å². The number of pyridine rings is 1. The number of aromatic nitrogens is 5. The third-order valence-electron chi connectivity index (χ3n) is 12.2. The van der Waals surface area contributed by atoms with Crippen LogP contribution in [-0.4, -0.2) is 24.1 Å². The average molecular weight is 796 g/mol. The quantitative estimate of drug-likeness (QED) is 0.174. The highest BCUT2D eigenvalue weighted by Gasteiger charge is 2.22. The van der Waals surface area contributed by atoms with Gasteiger partial charge in [-0.25, -0.2) is 9.97 Å². The number of benzene rings is 8. The van der Waals surface area contributed by atoms with E-state index in [1.165, 1.54) is 43.5 Å². The molecular formula is C55H33N5S. The van der Waals surface area contributed by atoms with Crippen LogP contribution in [0.25, 0.3) is 120 Å². The Balaban J connectivity index is 1.07. The zero-order valence-electron chi connectivity index (χ0n) is 32.7. The summed E-state index contributed by atoms with van der Waals surface area (Å²) in [6, 6.07) is 67.7. The van der Waals surface area contributed by atoms with Crippen LogP contribution in [0.1, 0.15) is 0 Å². The molecule has 0 bridgehead atoms. The number of para-hydroxylation sites is 1. The zero-order valence-corrected chi connectivity index (χ0v) is 33.5. The fourth-order valence-corrected chi connectivity index (χ4v) is 10.6. The Morgan fingerprint density at radius 2 is 1.05 bits per heavy atom. The highest BCUT2D eigenvalue weighted by atomic mass is 32.1. The lowest BCUT2D eigenvalue weighted by Crippen LogP contribution is -2.03. The first-order valence-electron chi connectivity index (χ1n) is 20.5. The largest absolute Gasteiger partial charge is 0.309 e. The Morgan fingerprint density at radius 3 is 1.84 bits per heavy atom. The van der Waals surface area contributed by atoms with E-state index >= 15 is 0 Å². The van der Waals surface area contributed by atoms with Crippen LogP contribution >= 0.6 is 11.3 Å². The molecule has 284 valence electrons. The molecule has 0 N–H and O–H groups in total. The minimum absolute atomic E-state index is 0.650. The van der Waals surface area contributed by atoms with Crippen molar-refractivity contribution in [3.05, 3.63) is 200 Å². The highest BCUT2D eigenvalue weighted by Crippen LogP contribution is 2.43. The zero-order chi connectivity index (χ0) is 40.0. The second-order valence-corrected chi connectivity index (χ2v) is 16.7. The van der Waals surface area contributed by atoms with E-state index in [0.717, 1.165) is 70.4 Å². The molecular weight excluding hydrogens is 763 g/mol. The van der Waals surface area contributed by atoms with Crippen LogP contribution in [0.4, 0.5) is 0 Å². The van der Waals surface area contributed by atoms with Crippen molar-refractivity contribution in [2.24, 2.45) is 0 Å². The maximum atomic E-state index is 5.47. The van der Waals surface area contributed by atoms with Gasteiger partial charge in [0, 0.05) is 55.5 Å². The number of thiophene rings is 1. The van der Waals surface area contributed by atoms with Crippen LogP contribution in [0.5, 0.6) is 0 Å². The van der Waals surface area contributed by atoms with E-state index < -0.39 is 0 Å². The fourth-order valence-electron chi connectivity index (χ4n) is 9.46. The van der Waals surface area contributed by atoms with Gasteiger partial charge in [0.25, 0.3) is 0 Å². The summed E-state index contributed by atoms with van der Waals surface area (Å²) in [7, 11) is 0. The van der Waals surface area contributed by atoms with Gasteiger partial charge in [0.1, 0.15) is 0 Å². The van der Waals surface area contributed by atoms with Crippen LogP contribution < -0.4 is 0 Å². The predicted molar refractivity (Wildman–Crippen MR) is 255 cm³/mol. The van der Waals surface area contributed by atoms with Crippen LogP contribution in [0.2, 0.25) is 0 Å². The van der Waals surface area contributed by atoms with Gasteiger partial charge >= 0.3 is 0 Å². The summed E-state index contributed by atoms with van der Waals surface area (Å²) in [5.74, 6) is 0.650. The molecule has 13 rings (SSSR count). The molecule has 0 aliphatic carbocycles. The number of rotatable bonds is 5. The highest BCUT2D eigenvalue weighted by molar-refractivity contribution is 7.22. The predicted octanol–water partition coefficient (Wildman–Crippen LogP) is 14.6. The molecule has 0 amide bonds. The molecule has 0 aliphatic heterocycles. The Labute approximate surface area is 354 Å². The van der Waals surface area contributed by atoms with E-state index in [4.69, 9.17) is 9.97 Å². The smallest absolute Gasteiger partial charge is 0.235 e. The number of fused-ring (bicyclic) bond motifs is 11. The monoisotopic (exact) mass is 795 g/mol. The topological polar surface area (TPSA) is 48.5 Å². The lowest BCUT2D eigenvalue weighted by molar-refractivity contribution is 1.02. The van der Waals surface area contributed by atoms with Crippen LogP contribution in [0.3, 0.4) is 0 Å². The normalized spacial score (nSPS) is 11.9. The lowest BCUT2D eigenvalue weighted by atomic mass is 9.98. The number of hydrogen-bond acceptors (Lipinski definition) is 4. The summed E-state index contributed by atoms with van der Waals surface area (Å²) in [5.41, 5.74) is 12.0. The average Bonchev–Trinajstić information content (AvgIpc) is 4.02. The van der Waals surface area contributed by atoms with E-state index in [1.54, 1.807) is 11.3 Å². The molecule has 5 heterocycles. The van der Waals surface area contributed by atoms with Crippen molar-refractivity contribution < 1.29 is 0 Å². The SMILES string of the molecule is c1ccc(-c2nc(-n3c4ccc(-c5ccc6c(c5)c5c7ccccc7ccc5n6-c5ccccc5)cc4c4ccc5ccccc5c43)nc3cc(-c4ccncc4)sc23)cc1. The minimum Gasteiger partial charge on any atom is -0.309 e. The molecule has 61 heavy (non-hydrogen) atoms. The molecule has 5 aromatic heterocycles. The van der Waals surface area contributed by atoms with Crippen molar-refractivity contribution >= 4 is 86.7 Å². The molecule has 0 spiro atoms. The molecule has 6 heteroatoms. The summed E-state index contributed by atoms with van der Waals surface area (Å²) >= 11 is 1.73. The molecule has 0 saturated heterocycles. The van der Waals surface area contributed by atoms with Gasteiger partial charge in [-0.1, -0.05) is 127 Å². The molecule has 0 radical (unpaired) electrons. The summed E-state index contributed by atoms with van der Waals surface area (Å²) in [6.45, 7) is 0. The lowest BCUT2D eigenvalue weighted by Gasteiger charge is -2.11. The van der Waals surface area contributed by atoms with Crippen LogP contribution in [-0.2, 0) is 0 Å². The third-order valence-corrected chi connectivity index (χ3v) is 13.4. The fraction of sp³-hybridized carbons (Fsp3) is 0. The first kappa shape index (κ1) is 34.0. The third kappa shape index (κ3) is 5.22. The standard InChI is InChI=1S/C55H33N5S/c1-3-13-37(14-4-1)52-54-46(33-50(61-54)36-27-29-56-30-28-36)57-55(58-52)60-47-24-21-38(31-44(47)43-23-19-35-12-8-10-18-42(35)53(43)60)39-22-25-48-45(32-39)51-41-17-9-7-11-34(41)20-26-49(51)59(48)40-15-5-2-6-16-40/h1-33H. The van der Waals surface area contributed by atoms with Gasteiger partial charge in [-0.2, -0.15) is 0 Å². The van der Waals surface area contributed by atoms with E-state index in [9.17, 15) is 0 Å². The summed E-state index contributed by atoms with van der Waals surface area (Å²) in [4.78, 5) is 16.3. The number of nitrogens with zero attached hydrogens (tertiary/aromatic N) is 5. The van der Waals surface area contributed by atoms with Gasteiger partial charge < -0.3 is 4.57 Å². The maximum Gasteiger partial charge on any atom is 0.235 e. The Bertz CT molecular complexity index is 3860. The van der Waals surface area contributed by atoms with Gasteiger partial charge in [0.15, 0.2) is 0 Å². The van der Waals surface area contributed by atoms with E-state index in [0.29, 0.717) is 5.95 Å². The van der Waals surface area contributed by atoms with Crippen molar-refractivity contribution in [1.82, 2.24) is 24.1 Å². The van der Waals surface area contributed by atoms with Gasteiger partial charge in [-0.3, -0.25) is 9.55 Å². The Morgan fingerprint density at radius 1 is 0.410 bits per heavy atom. The van der Waals surface area contributed by atoms with E-state index in [2.05, 4.69) is 202 Å². The van der Waals surface area contributed by atoms with Gasteiger partial charge in [-0.15, -0.1) is 11.3 Å². The van der Waals surface area contributed by atoms with Crippen LogP contribution in [0, 0.1) is 0 Å². The first-order valence-corrected chi connectivity index (χ1v) is 21.3. The Kier molecular flexibility index (Phi) is 7.41. The first-order chi connectivity index (χ1) is 30.2. The molecule has 8 aromatic carbocycles. The maximum absolute atomic E-state index is 5.47. The van der Waals surface area contributed by atoms with Gasteiger partial charge in [-0.05, 0) is 93.5 Å². The molecule has 0 fully saturated rings. The van der Waals surface area contributed by atoms with Crippen molar-refractivity contribution in [1.29, 1.82) is 0 Å². The molecule has 0 aliphatic rings. The van der Waals surface area contributed by atoms with Gasteiger partial charge in [0.05, 0.1) is 38.0 Å². The van der Waals surface area contributed by atoms with Crippen molar-refractivity contribution in [3.8, 4) is 44.5 Å². The molecule has 0 unspecified atom stereocenters. The molecule has 0 atom stereocenters. The molecule has 0 saturated carbocycles. The van der Waals surface area contributed by atoms with Crippen molar-refractivity contribution in [2.45, 2.75) is 0 Å². The Hall–Kier alpha value is -7.93. The number of hydrogen-bond donors (Lipinski definition) is 0. The van der Waals surface area contributed by atoms with Crippen LogP contribution in [0.15, 0.2) is 200 Å². The molecule has 13 aromatic rings.